The number of fused-ring (bicyclic) bond motifs is 3. The molecule has 6 N–H and O–H groups in total. The zero-order valence-corrected chi connectivity index (χ0v) is 81.8. The molecule has 3 saturated heterocycles. The maximum atomic E-state index is 15.6. The van der Waals surface area contributed by atoms with Gasteiger partial charge in [0.25, 0.3) is 16.7 Å². The van der Waals surface area contributed by atoms with Crippen LogP contribution in [0.3, 0.4) is 0 Å². The van der Waals surface area contributed by atoms with Crippen LogP contribution in [0, 0.1) is 95.5 Å². The first-order valence-corrected chi connectivity index (χ1v) is 45.6. The Labute approximate surface area is 825 Å². The first-order valence-electron chi connectivity index (χ1n) is 42.6. The largest absolute Gasteiger partial charge is 0.395 e. The molecule has 3 amide bonds. The third-order valence-electron chi connectivity index (χ3n) is 24.1. The molecule has 15 rings (SSSR count). The summed E-state index contributed by atoms with van der Waals surface area (Å²) in [6.45, 7) is 35.2. The number of pyridine rings is 9. The van der Waals surface area contributed by atoms with Crippen LogP contribution < -0.4 is 48.6 Å². The lowest BCUT2D eigenvalue weighted by Gasteiger charge is -2.41. The average Bonchev–Trinajstić information content (AvgIpc) is 0.726. The SMILES string of the molecule is C=CC(=O)N1CCN(c2c(C#N)c(=O)n(-c3c(C)ccnc3C(C)C)c3nc(-c4c(F)c(Cl)c(F)c(N)c4Cl)c(Cl)cc23)C[C@H]1C.C=CC(=O)N1CCN(c2c(C#N)c(=O)n(-c3c(C)ccnc3C(C)C)c3nc(-c4c(F)c(F)c(F)c(N)c4Cl)c(Cl)cc23)C[C@H]1C.C=CC(=O)N1CCN(c2c(C#N)c(=O)n(-c3c(C)ccnc3C(C)C)c3nc(-c4c(F)c(N)c(F)c(Cl)c4Cl)c(Cl)cc23)C[C@H]1C. The van der Waals surface area contributed by atoms with E-state index in [0.717, 1.165) is 0 Å². The molecule has 0 spiro atoms. The topological polar surface area (TPSA) is 363 Å². The van der Waals surface area contributed by atoms with Crippen molar-refractivity contribution in [2.45, 2.75) is 119 Å². The predicted molar refractivity (Wildman–Crippen MR) is 526 cm³/mol. The first-order chi connectivity index (χ1) is 65.2. The fourth-order valence-electron chi connectivity index (χ4n) is 17.5. The Bertz CT molecular complexity index is 6790. The van der Waals surface area contributed by atoms with Gasteiger partial charge in [0.15, 0.2) is 40.7 Å². The van der Waals surface area contributed by atoms with Gasteiger partial charge in [0.1, 0.15) is 62.5 Å². The van der Waals surface area contributed by atoms with Crippen molar-refractivity contribution >= 4 is 178 Å². The molecule has 138 heavy (non-hydrogen) atoms. The highest BCUT2D eigenvalue weighted by Crippen LogP contribution is 2.50. The molecule has 9 aromatic heterocycles. The van der Waals surface area contributed by atoms with Crippen LogP contribution in [0.25, 0.3) is 83.9 Å². The number of amides is 3. The van der Waals surface area contributed by atoms with E-state index in [2.05, 4.69) is 51.8 Å². The van der Waals surface area contributed by atoms with Gasteiger partial charge in [0, 0.05) is 112 Å². The van der Waals surface area contributed by atoms with Crippen molar-refractivity contribution in [3.8, 4) is 69.0 Å². The molecular formula is C96H84Cl8F7N21O6. The van der Waals surface area contributed by atoms with E-state index in [1.165, 1.54) is 50.1 Å². The average molecular weight is 2040 g/mol. The minimum atomic E-state index is -1.88. The number of hydrogen-bond donors (Lipinski definition) is 3. The summed E-state index contributed by atoms with van der Waals surface area (Å²) in [5.41, 5.74) is 14.7. The number of piperazine rings is 3. The minimum absolute atomic E-state index is 0.00290. The number of rotatable bonds is 15. The van der Waals surface area contributed by atoms with Crippen LogP contribution in [0.4, 0.5) is 64.9 Å². The summed E-state index contributed by atoms with van der Waals surface area (Å²) in [5.74, 6) is -11.4. The third-order valence-corrected chi connectivity index (χ3v) is 27.0. The molecule has 3 aliphatic heterocycles. The van der Waals surface area contributed by atoms with Crippen molar-refractivity contribution in [3.63, 3.8) is 0 Å². The van der Waals surface area contributed by atoms with Crippen molar-refractivity contribution in [1.29, 1.82) is 15.8 Å². The molecule has 714 valence electrons. The molecule has 12 aromatic rings. The first kappa shape index (κ1) is 102. The van der Waals surface area contributed by atoms with Crippen molar-refractivity contribution in [2.75, 3.05) is 90.8 Å². The Hall–Kier alpha value is -13.1. The number of aromatic nitrogens is 9. The van der Waals surface area contributed by atoms with Gasteiger partial charge in [-0.15, -0.1) is 0 Å². The van der Waals surface area contributed by atoms with Crippen molar-refractivity contribution in [2.24, 2.45) is 0 Å². The van der Waals surface area contributed by atoms with E-state index in [1.807, 2.05) is 78.2 Å². The molecule has 0 radical (unpaired) electrons. The van der Waals surface area contributed by atoms with Crippen LogP contribution in [0.5, 0.6) is 0 Å². The lowest BCUT2D eigenvalue weighted by Crippen LogP contribution is -2.54. The van der Waals surface area contributed by atoms with Crippen molar-refractivity contribution in [3.05, 3.63) is 255 Å². The van der Waals surface area contributed by atoms with Gasteiger partial charge in [-0.25, -0.2) is 45.7 Å². The van der Waals surface area contributed by atoms with Crippen LogP contribution in [0.2, 0.25) is 40.2 Å². The predicted octanol–water partition coefficient (Wildman–Crippen LogP) is 19.9. The summed E-state index contributed by atoms with van der Waals surface area (Å²) in [6.07, 6.45) is 8.49. The van der Waals surface area contributed by atoms with Crippen LogP contribution in [0.1, 0.15) is 131 Å². The quantitative estimate of drug-likeness (QED) is 0.0282. The highest BCUT2D eigenvalue weighted by molar-refractivity contribution is 6.45. The fourth-order valence-corrected chi connectivity index (χ4v) is 19.4. The third kappa shape index (κ3) is 17.9. The second-order valence-electron chi connectivity index (χ2n) is 33.8. The summed E-state index contributed by atoms with van der Waals surface area (Å²) >= 11 is 51.2. The van der Waals surface area contributed by atoms with E-state index >= 15 is 13.2 Å². The summed E-state index contributed by atoms with van der Waals surface area (Å²) in [7, 11) is 0. The molecule has 3 aliphatic rings. The second-order valence-corrected chi connectivity index (χ2v) is 36.9. The number of aryl methyl sites for hydroxylation is 3. The number of nitrogen functional groups attached to an aromatic ring is 3. The van der Waals surface area contributed by atoms with Crippen LogP contribution in [-0.4, -0.2) is 153 Å². The Morgan fingerprint density at radius 2 is 0.681 bits per heavy atom. The number of nitriles is 3. The molecule has 3 fully saturated rings. The van der Waals surface area contributed by atoms with E-state index in [0.29, 0.717) is 50.8 Å². The molecule has 0 aliphatic carbocycles. The monoisotopic (exact) mass is 2040 g/mol. The Balaban J connectivity index is 0.000000175. The summed E-state index contributed by atoms with van der Waals surface area (Å²) in [6, 6.07) is 14.6. The van der Waals surface area contributed by atoms with Gasteiger partial charge in [0.2, 0.25) is 17.7 Å². The number of benzene rings is 3. The zero-order chi connectivity index (χ0) is 101. The van der Waals surface area contributed by atoms with Gasteiger partial charge >= 0.3 is 0 Å². The van der Waals surface area contributed by atoms with E-state index < -0.39 is 122 Å². The second kappa shape index (κ2) is 40.5. The smallest absolute Gasteiger partial charge is 0.276 e. The lowest BCUT2D eigenvalue weighted by molar-refractivity contribution is -0.129. The van der Waals surface area contributed by atoms with Gasteiger partial charge < -0.3 is 46.6 Å². The zero-order valence-electron chi connectivity index (χ0n) is 75.8. The van der Waals surface area contributed by atoms with Crippen molar-refractivity contribution in [1.82, 2.24) is 58.3 Å². The molecule has 27 nitrogen and oxygen atoms in total. The molecule has 0 bridgehead atoms. The molecule has 3 aromatic carbocycles. The van der Waals surface area contributed by atoms with Crippen LogP contribution in [0.15, 0.2) is 107 Å². The summed E-state index contributed by atoms with van der Waals surface area (Å²) in [4.78, 5) is 119. The van der Waals surface area contributed by atoms with Gasteiger partial charge in [0.05, 0.1) is 132 Å². The molecular weight excluding hydrogens is 1960 g/mol. The number of hydrogen-bond acceptors (Lipinski definition) is 21. The van der Waals surface area contributed by atoms with Gasteiger partial charge in [-0.1, -0.05) is 154 Å². The minimum Gasteiger partial charge on any atom is -0.395 e. The molecule has 12 heterocycles. The van der Waals surface area contributed by atoms with E-state index in [4.69, 9.17) is 120 Å². The van der Waals surface area contributed by atoms with E-state index in [-0.39, 0.29) is 206 Å². The fraction of sp³-hybridized carbons (Fsp3) is 0.281. The lowest BCUT2D eigenvalue weighted by atomic mass is 10.0. The van der Waals surface area contributed by atoms with E-state index in [9.17, 15) is 62.1 Å². The maximum Gasteiger partial charge on any atom is 0.276 e. The van der Waals surface area contributed by atoms with Crippen LogP contribution in [-0.2, 0) is 14.4 Å². The molecule has 3 atom stereocenters. The van der Waals surface area contributed by atoms with E-state index in [1.54, 1.807) is 77.2 Å². The number of anilines is 6. The Morgan fingerprint density at radius 3 is 0.964 bits per heavy atom. The normalized spacial score (nSPS) is 15.0. The highest BCUT2D eigenvalue weighted by Gasteiger charge is 2.40. The standard InChI is InChI=1S/2C32H28Cl3F2N7O2.C32H28Cl2F3N7O2/c1-6-20(45)43-10-9-42(13-16(43)5)30-17-11-19(33)28(21-22(34)26(39)25(37)23(35)24(21)36)41-31(17)44(32(46)18(30)12-38)29-15(4)7-8-40-27(29)14(2)3;1-6-20(45)43-10-9-42(13-16(43)5)30-17-11-19(33)28(21-22(34)23(35)25(37)26(39)24(21)36)41-31(17)44(32(46)18(30)12-38)29-15(4)7-8-40-27(29)14(2)3;1-6-20(45)43-10-9-42(13-16(43)5)30-17-11-19(33)28(21-22(34)26(39)25(37)24(36)23(21)35)41-31(17)44(32(46)18(30)12-38)29-15(4)7-8-40-27(29)14(2)3/h3*6-8,11,14,16H,1,9-10,13,39H2,2-5H3/t3*16-/m111/s1. The molecule has 42 heteroatoms. The number of carbonyl (C=O) groups is 3. The van der Waals surface area contributed by atoms with Crippen LogP contribution >= 0.6 is 92.8 Å². The highest BCUT2D eigenvalue weighted by atomic mass is 35.5. The number of halogens is 15. The molecule has 0 saturated carbocycles. The summed E-state index contributed by atoms with van der Waals surface area (Å²) in [5, 5.41) is 28.4. The number of carbonyl (C=O) groups excluding carboxylic acids is 3. The van der Waals surface area contributed by atoms with Gasteiger partial charge in [-0.05, 0) is 131 Å². The Morgan fingerprint density at radius 1 is 0.399 bits per heavy atom. The number of nitrogens with zero attached hydrogens (tertiary/aromatic N) is 18. The van der Waals surface area contributed by atoms with Gasteiger partial charge in [-0.2, -0.15) is 15.8 Å². The number of nitrogens with two attached hydrogens (primary N) is 3. The molecule has 0 unspecified atom stereocenters. The maximum absolute atomic E-state index is 15.6. The Kier molecular flexibility index (Phi) is 30.1. The van der Waals surface area contributed by atoms with Gasteiger partial charge in [-0.3, -0.25) is 57.4 Å². The summed E-state index contributed by atoms with van der Waals surface area (Å²) < 4.78 is 108. The van der Waals surface area contributed by atoms with Crippen molar-refractivity contribution < 1.29 is 45.1 Å².